The molecule has 6 heteroatoms. The van der Waals surface area contributed by atoms with E-state index in [0.717, 1.165) is 5.22 Å². The van der Waals surface area contributed by atoms with Crippen molar-refractivity contribution in [2.24, 2.45) is 4.99 Å². The first-order valence-corrected chi connectivity index (χ1v) is 8.40. The van der Waals surface area contributed by atoms with Gasteiger partial charge < -0.3 is 0 Å². The van der Waals surface area contributed by atoms with Gasteiger partial charge in [-0.25, -0.2) is 9.67 Å². The van der Waals surface area contributed by atoms with Crippen LogP contribution in [0.2, 0.25) is 5.02 Å². The molecule has 4 rings (SSSR count). The van der Waals surface area contributed by atoms with Crippen LogP contribution in [0.3, 0.4) is 0 Å². The maximum atomic E-state index is 12.8. The molecule has 0 aliphatic carbocycles. The fraction of sp³-hybridized carbons (Fsp3) is 0.0500. The topological polar surface area (TPSA) is 67.2 Å². The molecule has 0 saturated heterocycles. The number of hydrogen-bond donors (Lipinski definition) is 1. The van der Waals surface area contributed by atoms with E-state index in [-0.39, 0.29) is 11.5 Å². The first-order chi connectivity index (χ1) is 12.5. The molecule has 2 heterocycles. The van der Waals surface area contributed by atoms with Crippen LogP contribution in [0.25, 0.3) is 17.8 Å². The van der Waals surface area contributed by atoms with Crippen LogP contribution >= 0.6 is 11.6 Å². The molecular weight excluding hydrogens is 350 g/mol. The van der Waals surface area contributed by atoms with Crippen molar-refractivity contribution in [3.8, 4) is 5.69 Å². The Hall–Kier alpha value is -3.18. The number of para-hydroxylation sites is 1. The molecule has 1 aliphatic heterocycles. The minimum absolute atomic E-state index is 0.252. The van der Waals surface area contributed by atoms with Crippen molar-refractivity contribution in [3.05, 3.63) is 91.3 Å². The van der Waals surface area contributed by atoms with Gasteiger partial charge in [0.25, 0.3) is 11.5 Å². The average Bonchev–Trinajstić information content (AvgIpc) is 2.90. The van der Waals surface area contributed by atoms with Crippen molar-refractivity contribution >= 4 is 29.7 Å². The van der Waals surface area contributed by atoms with Crippen molar-refractivity contribution in [2.75, 3.05) is 0 Å². The van der Waals surface area contributed by atoms with E-state index in [4.69, 9.17) is 11.6 Å². The summed E-state index contributed by atoms with van der Waals surface area (Å²) in [5.41, 5.74) is 1.82. The molecule has 0 saturated carbocycles. The van der Waals surface area contributed by atoms with E-state index in [9.17, 15) is 9.59 Å². The van der Waals surface area contributed by atoms with Gasteiger partial charge in [-0.3, -0.25) is 14.7 Å². The second-order valence-electron chi connectivity index (χ2n) is 5.99. The van der Waals surface area contributed by atoms with E-state index in [2.05, 4.69) is 10.1 Å². The number of nitrogens with zero attached hydrogens (tertiary/aromatic N) is 2. The summed E-state index contributed by atoms with van der Waals surface area (Å²) in [4.78, 5) is 29.2. The molecule has 0 unspecified atom stereocenters. The van der Waals surface area contributed by atoms with E-state index < -0.39 is 0 Å². The summed E-state index contributed by atoms with van der Waals surface area (Å²) in [6.45, 7) is 1.78. The largest absolute Gasteiger partial charge is 0.295 e. The van der Waals surface area contributed by atoms with Crippen molar-refractivity contribution in [2.45, 2.75) is 6.92 Å². The van der Waals surface area contributed by atoms with E-state index >= 15 is 0 Å². The molecule has 0 bridgehead atoms. The Labute approximate surface area is 153 Å². The molecule has 26 heavy (non-hydrogen) atoms. The minimum Gasteiger partial charge on any atom is -0.295 e. The number of amides is 1. The molecule has 0 atom stereocenters. The van der Waals surface area contributed by atoms with Crippen LogP contribution in [-0.4, -0.2) is 15.7 Å². The predicted molar refractivity (Wildman–Crippen MR) is 101 cm³/mol. The highest BCUT2D eigenvalue weighted by molar-refractivity contribution is 6.30. The number of aromatic nitrogens is 2. The molecular formula is C20H14ClN3O2. The zero-order valence-electron chi connectivity index (χ0n) is 13.9. The number of carbonyl (C=O) groups is 1. The van der Waals surface area contributed by atoms with Crippen LogP contribution in [0.1, 0.15) is 11.3 Å². The Morgan fingerprint density at radius 2 is 1.92 bits per heavy atom. The first-order valence-electron chi connectivity index (χ1n) is 8.02. The number of hydrogen-bond acceptors (Lipinski definition) is 2. The summed E-state index contributed by atoms with van der Waals surface area (Å²) in [6.07, 6.45) is 3.33. The SMILES string of the molecule is Cc1[nH]n(-c2cccc(Cl)c2)c(=O)c1/C=C1\C=c2ccccc2=NC1=O. The van der Waals surface area contributed by atoms with Gasteiger partial charge in [-0.2, -0.15) is 0 Å². The summed E-state index contributed by atoms with van der Waals surface area (Å²) in [5, 5.41) is 5.04. The molecule has 2 aromatic carbocycles. The Bertz CT molecular complexity index is 1250. The fourth-order valence-electron chi connectivity index (χ4n) is 2.90. The van der Waals surface area contributed by atoms with E-state index in [1.54, 1.807) is 49.4 Å². The highest BCUT2D eigenvalue weighted by atomic mass is 35.5. The standard InChI is InChI=1S/C20H14ClN3O2/c1-12-17(20(26)24(23-12)16-7-4-6-15(21)11-16)10-14-9-13-5-2-3-8-18(13)22-19(14)25/h2-11,23H,1H3/b14-10+. The van der Waals surface area contributed by atoms with E-state index in [0.29, 0.717) is 32.9 Å². The van der Waals surface area contributed by atoms with Gasteiger partial charge in [0.05, 0.1) is 16.6 Å². The lowest BCUT2D eigenvalue weighted by Gasteiger charge is -2.02. The van der Waals surface area contributed by atoms with Crippen LogP contribution in [-0.2, 0) is 4.79 Å². The zero-order chi connectivity index (χ0) is 18.3. The number of H-pyrrole nitrogens is 1. The summed E-state index contributed by atoms with van der Waals surface area (Å²) >= 11 is 6.01. The van der Waals surface area contributed by atoms with Gasteiger partial charge in [-0.15, -0.1) is 0 Å². The molecule has 5 nitrogen and oxygen atoms in total. The van der Waals surface area contributed by atoms with Gasteiger partial charge in [-0.1, -0.05) is 35.9 Å². The normalized spacial score (nSPS) is 14.7. The smallest absolute Gasteiger partial charge is 0.278 e. The Morgan fingerprint density at radius 1 is 1.12 bits per heavy atom. The van der Waals surface area contributed by atoms with Gasteiger partial charge in [0, 0.05) is 21.5 Å². The maximum absolute atomic E-state index is 12.8. The van der Waals surface area contributed by atoms with Gasteiger partial charge >= 0.3 is 0 Å². The number of aromatic amines is 1. The van der Waals surface area contributed by atoms with Crippen LogP contribution in [0, 0.1) is 6.92 Å². The average molecular weight is 364 g/mol. The molecule has 128 valence electrons. The van der Waals surface area contributed by atoms with Crippen molar-refractivity contribution in [1.82, 2.24) is 9.78 Å². The molecule has 1 amide bonds. The lowest BCUT2D eigenvalue weighted by Crippen LogP contribution is -2.30. The Balaban J connectivity index is 1.85. The van der Waals surface area contributed by atoms with Gasteiger partial charge in [0.1, 0.15) is 0 Å². The second-order valence-corrected chi connectivity index (χ2v) is 6.43. The molecule has 0 radical (unpaired) electrons. The zero-order valence-corrected chi connectivity index (χ0v) is 14.6. The van der Waals surface area contributed by atoms with Gasteiger partial charge in [0.2, 0.25) is 0 Å². The summed E-state index contributed by atoms with van der Waals surface area (Å²) in [7, 11) is 0. The maximum Gasteiger partial charge on any atom is 0.278 e. The third kappa shape index (κ3) is 2.82. The van der Waals surface area contributed by atoms with Gasteiger partial charge in [-0.05, 0) is 43.3 Å². The molecule has 1 aromatic heterocycles. The molecule has 3 aromatic rings. The summed E-state index contributed by atoms with van der Waals surface area (Å²) in [6, 6.07) is 14.4. The number of benzene rings is 2. The lowest BCUT2D eigenvalue weighted by atomic mass is 10.1. The molecule has 0 fully saturated rings. The predicted octanol–water partition coefficient (Wildman–Crippen LogP) is 2.15. The van der Waals surface area contributed by atoms with Crippen LogP contribution in [0.15, 0.2) is 63.9 Å². The summed E-state index contributed by atoms with van der Waals surface area (Å²) in [5.74, 6) is -0.363. The van der Waals surface area contributed by atoms with Gasteiger partial charge in [0.15, 0.2) is 0 Å². The fourth-order valence-corrected chi connectivity index (χ4v) is 3.08. The van der Waals surface area contributed by atoms with Crippen LogP contribution < -0.4 is 16.1 Å². The molecule has 1 aliphatic rings. The number of aryl methyl sites for hydroxylation is 1. The highest BCUT2D eigenvalue weighted by Crippen LogP contribution is 2.16. The summed E-state index contributed by atoms with van der Waals surface area (Å²) < 4.78 is 1.41. The number of nitrogens with one attached hydrogen (secondary N) is 1. The Morgan fingerprint density at radius 3 is 2.73 bits per heavy atom. The van der Waals surface area contributed by atoms with Crippen LogP contribution in [0.5, 0.6) is 0 Å². The first kappa shape index (κ1) is 16.3. The van der Waals surface area contributed by atoms with Crippen molar-refractivity contribution in [3.63, 3.8) is 0 Å². The monoisotopic (exact) mass is 363 g/mol. The molecule has 0 spiro atoms. The highest BCUT2D eigenvalue weighted by Gasteiger charge is 2.15. The van der Waals surface area contributed by atoms with E-state index in [1.807, 2.05) is 18.2 Å². The number of carbonyl (C=O) groups excluding carboxylic acids is 1. The number of rotatable bonds is 2. The second kappa shape index (κ2) is 6.28. The lowest BCUT2D eigenvalue weighted by molar-refractivity contribution is -0.114. The Kier molecular flexibility index (Phi) is 3.93. The minimum atomic E-state index is -0.363. The number of fused-ring (bicyclic) bond motifs is 1. The quantitative estimate of drug-likeness (QED) is 0.709. The van der Waals surface area contributed by atoms with Crippen LogP contribution in [0.4, 0.5) is 0 Å². The number of halogens is 1. The molecule has 1 N–H and O–H groups in total. The van der Waals surface area contributed by atoms with Crippen molar-refractivity contribution < 1.29 is 4.79 Å². The van der Waals surface area contributed by atoms with Crippen molar-refractivity contribution in [1.29, 1.82) is 0 Å². The third-order valence-electron chi connectivity index (χ3n) is 4.20. The van der Waals surface area contributed by atoms with E-state index in [1.165, 1.54) is 4.68 Å². The third-order valence-corrected chi connectivity index (χ3v) is 4.44.